The molecule has 0 saturated carbocycles. The molecule has 1 aromatic carbocycles. The molecule has 2 N–H and O–H groups in total. The Balaban J connectivity index is 2.51. The normalized spacial score (nSPS) is 14.1. The van der Waals surface area contributed by atoms with Crippen LogP contribution in [0.3, 0.4) is 0 Å². The van der Waals surface area contributed by atoms with Crippen LogP contribution in [0.25, 0.3) is 6.08 Å². The van der Waals surface area contributed by atoms with Gasteiger partial charge in [0.2, 0.25) is 10.0 Å². The maximum Gasteiger partial charge on any atom is 0.233 e. The minimum absolute atomic E-state index is 0.0413. The van der Waals surface area contributed by atoms with E-state index < -0.39 is 16.1 Å². The number of rotatable bonds is 7. The van der Waals surface area contributed by atoms with Gasteiger partial charge in [0, 0.05) is 12.0 Å². The van der Waals surface area contributed by atoms with E-state index in [9.17, 15) is 13.5 Å². The molecular formula is C14H21NO3S. The second-order valence-electron chi connectivity index (χ2n) is 4.89. The molecule has 0 heterocycles. The van der Waals surface area contributed by atoms with Crippen molar-refractivity contribution in [1.29, 1.82) is 0 Å². The van der Waals surface area contributed by atoms with Gasteiger partial charge in [-0.05, 0) is 24.0 Å². The van der Waals surface area contributed by atoms with Gasteiger partial charge in [0.05, 0.1) is 6.10 Å². The highest BCUT2D eigenvalue weighted by Crippen LogP contribution is 2.05. The smallest absolute Gasteiger partial charge is 0.233 e. The van der Waals surface area contributed by atoms with Crippen LogP contribution < -0.4 is 4.72 Å². The summed E-state index contributed by atoms with van der Waals surface area (Å²) in [5.41, 5.74) is 0.815. The molecule has 0 aliphatic heterocycles. The van der Waals surface area contributed by atoms with Crippen LogP contribution in [0.1, 0.15) is 25.8 Å². The van der Waals surface area contributed by atoms with Crippen molar-refractivity contribution in [3.8, 4) is 0 Å². The molecule has 1 unspecified atom stereocenters. The third kappa shape index (κ3) is 7.10. The van der Waals surface area contributed by atoms with Crippen molar-refractivity contribution in [2.45, 2.75) is 26.4 Å². The number of benzene rings is 1. The lowest BCUT2D eigenvalue weighted by atomic mass is 10.1. The first kappa shape index (κ1) is 15.9. The molecule has 0 radical (unpaired) electrons. The zero-order chi connectivity index (χ0) is 14.3. The van der Waals surface area contributed by atoms with E-state index in [1.54, 1.807) is 0 Å². The molecule has 0 aliphatic carbocycles. The third-order valence-corrected chi connectivity index (χ3v) is 3.57. The maximum atomic E-state index is 11.7. The lowest BCUT2D eigenvalue weighted by Gasteiger charge is -2.12. The third-order valence-electron chi connectivity index (χ3n) is 2.50. The van der Waals surface area contributed by atoms with E-state index in [2.05, 4.69) is 4.72 Å². The predicted octanol–water partition coefficient (Wildman–Crippen LogP) is 1.98. The van der Waals surface area contributed by atoms with Gasteiger partial charge in [-0.1, -0.05) is 44.2 Å². The molecule has 0 aromatic heterocycles. The summed E-state index contributed by atoms with van der Waals surface area (Å²) in [6.07, 6.45) is 1.45. The molecule has 1 atom stereocenters. The summed E-state index contributed by atoms with van der Waals surface area (Å²) in [6, 6.07) is 9.18. The average molecular weight is 283 g/mol. The summed E-state index contributed by atoms with van der Waals surface area (Å²) < 4.78 is 25.7. The van der Waals surface area contributed by atoms with Gasteiger partial charge in [-0.15, -0.1) is 0 Å². The first-order valence-electron chi connectivity index (χ1n) is 6.30. The molecule has 0 amide bonds. The number of sulfonamides is 1. The molecule has 4 nitrogen and oxygen atoms in total. The number of aliphatic hydroxyl groups is 1. The van der Waals surface area contributed by atoms with E-state index in [0.29, 0.717) is 12.3 Å². The minimum Gasteiger partial charge on any atom is -0.392 e. The van der Waals surface area contributed by atoms with Gasteiger partial charge in [-0.25, -0.2) is 13.1 Å². The Kier molecular flexibility index (Phi) is 6.21. The lowest BCUT2D eigenvalue weighted by Crippen LogP contribution is -2.31. The molecule has 0 spiro atoms. The van der Waals surface area contributed by atoms with Crippen molar-refractivity contribution in [3.05, 3.63) is 41.3 Å². The van der Waals surface area contributed by atoms with Gasteiger partial charge in [0.15, 0.2) is 0 Å². The second-order valence-corrected chi connectivity index (χ2v) is 6.54. The van der Waals surface area contributed by atoms with Crippen LogP contribution in [-0.2, 0) is 10.0 Å². The Labute approximate surface area is 115 Å². The standard InChI is InChI=1S/C14H21NO3S/c1-12(2)10-14(16)11-15-19(17,18)9-8-13-6-4-3-5-7-13/h3-9,12,14-16H,10-11H2,1-2H3/b9-8+. The summed E-state index contributed by atoms with van der Waals surface area (Å²) in [4.78, 5) is 0. The van der Waals surface area contributed by atoms with E-state index in [-0.39, 0.29) is 6.54 Å². The fraction of sp³-hybridized carbons (Fsp3) is 0.429. The molecular weight excluding hydrogens is 262 g/mol. The number of hydrogen-bond acceptors (Lipinski definition) is 3. The Morgan fingerprint density at radius 1 is 1.26 bits per heavy atom. The van der Waals surface area contributed by atoms with Gasteiger partial charge in [0.25, 0.3) is 0 Å². The number of nitrogens with one attached hydrogen (secondary N) is 1. The van der Waals surface area contributed by atoms with Crippen LogP contribution in [0, 0.1) is 5.92 Å². The molecule has 0 fully saturated rings. The van der Waals surface area contributed by atoms with E-state index in [4.69, 9.17) is 0 Å². The largest absolute Gasteiger partial charge is 0.392 e. The average Bonchev–Trinajstić information content (AvgIpc) is 2.35. The fourth-order valence-electron chi connectivity index (χ4n) is 1.62. The molecule has 0 saturated heterocycles. The predicted molar refractivity (Wildman–Crippen MR) is 77.9 cm³/mol. The summed E-state index contributed by atoms with van der Waals surface area (Å²) in [5.74, 6) is 0.333. The lowest BCUT2D eigenvalue weighted by molar-refractivity contribution is 0.152. The van der Waals surface area contributed by atoms with Crippen molar-refractivity contribution in [3.63, 3.8) is 0 Å². The summed E-state index contributed by atoms with van der Waals surface area (Å²) in [7, 11) is -3.50. The quantitative estimate of drug-likeness (QED) is 0.804. The zero-order valence-electron chi connectivity index (χ0n) is 11.3. The van der Waals surface area contributed by atoms with Crippen molar-refractivity contribution >= 4 is 16.1 Å². The van der Waals surface area contributed by atoms with Gasteiger partial charge in [-0.2, -0.15) is 0 Å². The van der Waals surface area contributed by atoms with Gasteiger partial charge < -0.3 is 5.11 Å². The minimum atomic E-state index is -3.50. The summed E-state index contributed by atoms with van der Waals surface area (Å²) >= 11 is 0. The Hall–Kier alpha value is -1.17. The Bertz CT molecular complexity index is 495. The van der Waals surface area contributed by atoms with Crippen LogP contribution in [0.4, 0.5) is 0 Å². The summed E-state index contributed by atoms with van der Waals surface area (Å²) in [6.45, 7) is 4.00. The van der Waals surface area contributed by atoms with E-state index in [0.717, 1.165) is 11.0 Å². The molecule has 0 bridgehead atoms. The van der Waals surface area contributed by atoms with Crippen molar-refractivity contribution in [1.82, 2.24) is 4.72 Å². The fourth-order valence-corrected chi connectivity index (χ4v) is 2.48. The van der Waals surface area contributed by atoms with Crippen LogP contribution in [-0.4, -0.2) is 26.2 Å². The van der Waals surface area contributed by atoms with E-state index in [1.165, 1.54) is 6.08 Å². The topological polar surface area (TPSA) is 66.4 Å². The first-order chi connectivity index (χ1) is 8.89. The SMILES string of the molecule is CC(C)CC(O)CNS(=O)(=O)/C=C/c1ccccc1. The van der Waals surface area contributed by atoms with Crippen molar-refractivity contribution < 1.29 is 13.5 Å². The highest BCUT2D eigenvalue weighted by atomic mass is 32.2. The van der Waals surface area contributed by atoms with Crippen LogP contribution in [0.2, 0.25) is 0 Å². The van der Waals surface area contributed by atoms with Gasteiger partial charge in [-0.3, -0.25) is 0 Å². The number of aliphatic hydroxyl groups excluding tert-OH is 1. The molecule has 5 heteroatoms. The van der Waals surface area contributed by atoms with Gasteiger partial charge in [0.1, 0.15) is 0 Å². The number of hydrogen-bond donors (Lipinski definition) is 2. The Morgan fingerprint density at radius 3 is 2.47 bits per heavy atom. The van der Waals surface area contributed by atoms with Crippen LogP contribution >= 0.6 is 0 Å². The molecule has 106 valence electrons. The van der Waals surface area contributed by atoms with Gasteiger partial charge >= 0.3 is 0 Å². The molecule has 1 aromatic rings. The zero-order valence-corrected chi connectivity index (χ0v) is 12.1. The highest BCUT2D eigenvalue weighted by molar-refractivity contribution is 7.92. The van der Waals surface area contributed by atoms with Crippen LogP contribution in [0.5, 0.6) is 0 Å². The highest BCUT2D eigenvalue weighted by Gasteiger charge is 2.11. The molecule has 1 rings (SSSR count). The van der Waals surface area contributed by atoms with Crippen LogP contribution in [0.15, 0.2) is 35.7 Å². The van der Waals surface area contributed by atoms with Crippen molar-refractivity contribution in [2.75, 3.05) is 6.54 Å². The van der Waals surface area contributed by atoms with E-state index in [1.807, 2.05) is 44.2 Å². The van der Waals surface area contributed by atoms with Crippen molar-refractivity contribution in [2.24, 2.45) is 5.92 Å². The Morgan fingerprint density at radius 2 is 1.89 bits per heavy atom. The molecule has 19 heavy (non-hydrogen) atoms. The van der Waals surface area contributed by atoms with E-state index >= 15 is 0 Å². The first-order valence-corrected chi connectivity index (χ1v) is 7.84. The maximum absolute atomic E-state index is 11.7. The summed E-state index contributed by atoms with van der Waals surface area (Å²) in [5, 5.41) is 10.7. The monoisotopic (exact) mass is 283 g/mol. The second kappa shape index (κ2) is 7.43. The molecule has 0 aliphatic rings.